The lowest BCUT2D eigenvalue weighted by Gasteiger charge is -2.09. The van der Waals surface area contributed by atoms with Gasteiger partial charge in [-0.05, 0) is 61.7 Å². The Hall–Kier alpha value is -2.51. The van der Waals surface area contributed by atoms with Crippen LogP contribution in [0.15, 0.2) is 53.7 Å². The molecule has 0 bridgehead atoms. The van der Waals surface area contributed by atoms with Gasteiger partial charge in [0, 0.05) is 17.3 Å². The van der Waals surface area contributed by atoms with E-state index in [1.54, 1.807) is 12.1 Å². The minimum Gasteiger partial charge on any atom is -0.486 e. The number of aromatic nitrogens is 3. The van der Waals surface area contributed by atoms with E-state index < -0.39 is 0 Å². The zero-order valence-electron chi connectivity index (χ0n) is 17.8. The highest BCUT2D eigenvalue weighted by Gasteiger charge is 2.14. The first-order chi connectivity index (χ1) is 15.1. The summed E-state index contributed by atoms with van der Waals surface area (Å²) in [4.78, 5) is 12.4. The summed E-state index contributed by atoms with van der Waals surface area (Å²) in [6, 6.07) is 15.2. The fraction of sp³-hybridized carbons (Fsp3) is 0.348. The quantitative estimate of drug-likeness (QED) is 0.378. The number of benzene rings is 2. The van der Waals surface area contributed by atoms with Gasteiger partial charge in [-0.2, -0.15) is 0 Å². The molecule has 0 saturated carbocycles. The van der Waals surface area contributed by atoms with Gasteiger partial charge in [0.2, 0.25) is 5.91 Å². The topological polar surface area (TPSA) is 69.0 Å². The molecule has 164 valence electrons. The van der Waals surface area contributed by atoms with E-state index in [4.69, 9.17) is 16.3 Å². The van der Waals surface area contributed by atoms with Crippen molar-refractivity contribution in [3.05, 3.63) is 64.9 Å². The van der Waals surface area contributed by atoms with Gasteiger partial charge in [0.05, 0.1) is 5.75 Å². The Morgan fingerprint density at radius 2 is 1.84 bits per heavy atom. The number of halogens is 1. The van der Waals surface area contributed by atoms with Gasteiger partial charge < -0.3 is 14.6 Å². The number of thioether (sulfide) groups is 1. The van der Waals surface area contributed by atoms with Crippen LogP contribution in [0, 0.1) is 0 Å². The smallest absolute Gasteiger partial charge is 0.234 e. The predicted octanol–water partition coefficient (Wildman–Crippen LogP) is 5.60. The van der Waals surface area contributed by atoms with Crippen LogP contribution < -0.4 is 10.1 Å². The average Bonchev–Trinajstić information content (AvgIpc) is 3.18. The molecule has 31 heavy (non-hydrogen) atoms. The Morgan fingerprint density at radius 3 is 2.52 bits per heavy atom. The third-order valence-corrected chi connectivity index (χ3v) is 5.90. The summed E-state index contributed by atoms with van der Waals surface area (Å²) in [5.74, 6) is 1.61. The van der Waals surface area contributed by atoms with Crippen LogP contribution in [0.5, 0.6) is 5.75 Å². The highest BCUT2D eigenvalue weighted by atomic mass is 35.5. The number of anilines is 1. The summed E-state index contributed by atoms with van der Waals surface area (Å²) in [5, 5.41) is 12.7. The Balaban J connectivity index is 1.51. The Labute approximate surface area is 192 Å². The van der Waals surface area contributed by atoms with Gasteiger partial charge in [-0.15, -0.1) is 10.2 Å². The van der Waals surface area contributed by atoms with Crippen molar-refractivity contribution in [1.29, 1.82) is 0 Å². The normalized spacial score (nSPS) is 10.8. The van der Waals surface area contributed by atoms with Crippen LogP contribution in [0.2, 0.25) is 5.02 Å². The van der Waals surface area contributed by atoms with Gasteiger partial charge in [-0.3, -0.25) is 4.79 Å². The number of nitrogens with one attached hydrogen (secondary N) is 1. The molecular formula is C23H27ClN4O2S. The molecule has 0 unspecified atom stereocenters. The van der Waals surface area contributed by atoms with Crippen molar-refractivity contribution in [2.75, 3.05) is 11.1 Å². The Bertz CT molecular complexity index is 974. The van der Waals surface area contributed by atoms with Crippen LogP contribution >= 0.6 is 23.4 Å². The number of unbranched alkanes of at least 4 members (excludes halogenated alkanes) is 1. The molecule has 0 atom stereocenters. The van der Waals surface area contributed by atoms with Crippen LogP contribution in [-0.2, 0) is 24.4 Å². The monoisotopic (exact) mass is 458 g/mol. The lowest BCUT2D eigenvalue weighted by molar-refractivity contribution is -0.113. The lowest BCUT2D eigenvalue weighted by Crippen LogP contribution is -2.15. The number of carbonyl (C=O) groups is 1. The molecule has 0 fully saturated rings. The van der Waals surface area contributed by atoms with Crippen molar-refractivity contribution in [3.63, 3.8) is 0 Å². The van der Waals surface area contributed by atoms with Gasteiger partial charge in [-0.25, -0.2) is 0 Å². The predicted molar refractivity (Wildman–Crippen MR) is 126 cm³/mol. The first-order valence-electron chi connectivity index (χ1n) is 10.4. The van der Waals surface area contributed by atoms with Gasteiger partial charge in [0.15, 0.2) is 11.0 Å². The maximum Gasteiger partial charge on any atom is 0.234 e. The highest BCUT2D eigenvalue weighted by Crippen LogP contribution is 2.20. The summed E-state index contributed by atoms with van der Waals surface area (Å²) >= 11 is 7.26. The summed E-state index contributed by atoms with van der Waals surface area (Å²) in [6.45, 7) is 5.18. The Kier molecular flexibility index (Phi) is 8.79. The van der Waals surface area contributed by atoms with Crippen LogP contribution in [0.4, 0.5) is 5.69 Å². The van der Waals surface area contributed by atoms with E-state index in [-0.39, 0.29) is 11.7 Å². The molecule has 0 aliphatic rings. The fourth-order valence-corrected chi connectivity index (χ4v) is 3.94. The number of rotatable bonds is 11. The molecule has 3 rings (SSSR count). The number of hydrogen-bond acceptors (Lipinski definition) is 5. The highest BCUT2D eigenvalue weighted by molar-refractivity contribution is 7.99. The second kappa shape index (κ2) is 11.8. The summed E-state index contributed by atoms with van der Waals surface area (Å²) in [7, 11) is 0. The molecule has 0 spiro atoms. The van der Waals surface area contributed by atoms with Gasteiger partial charge >= 0.3 is 0 Å². The standard InChI is InChI=1S/C23H27ClN4O2S/c1-3-5-6-17-7-11-19(12-8-17)25-22(29)16-31-23-27-26-21(28(23)4-2)15-30-20-13-9-18(24)10-14-20/h7-14H,3-6,15-16H2,1-2H3,(H,25,29). The molecule has 1 amide bonds. The molecule has 0 aliphatic carbocycles. The number of ether oxygens (including phenoxy) is 1. The maximum atomic E-state index is 12.4. The summed E-state index contributed by atoms with van der Waals surface area (Å²) < 4.78 is 7.73. The summed E-state index contributed by atoms with van der Waals surface area (Å²) in [5.41, 5.74) is 2.10. The number of aryl methyl sites for hydroxylation is 1. The molecule has 1 N–H and O–H groups in total. The zero-order valence-corrected chi connectivity index (χ0v) is 19.4. The molecule has 8 heteroatoms. The van der Waals surface area contributed by atoms with Crippen LogP contribution in [-0.4, -0.2) is 26.4 Å². The van der Waals surface area contributed by atoms with E-state index in [0.29, 0.717) is 34.9 Å². The molecule has 6 nitrogen and oxygen atoms in total. The molecule has 0 saturated heterocycles. The van der Waals surface area contributed by atoms with E-state index >= 15 is 0 Å². The average molecular weight is 459 g/mol. The lowest BCUT2D eigenvalue weighted by atomic mass is 10.1. The van der Waals surface area contributed by atoms with Gasteiger partial charge in [0.25, 0.3) is 0 Å². The van der Waals surface area contributed by atoms with Crippen LogP contribution in [0.3, 0.4) is 0 Å². The third-order valence-electron chi connectivity index (χ3n) is 4.68. The first kappa shape index (κ1) is 23.2. The molecule has 2 aromatic carbocycles. The van der Waals surface area contributed by atoms with E-state index in [9.17, 15) is 4.79 Å². The minimum atomic E-state index is -0.0732. The van der Waals surface area contributed by atoms with Crippen molar-refractivity contribution >= 4 is 35.0 Å². The SMILES string of the molecule is CCCCc1ccc(NC(=O)CSc2nnc(COc3ccc(Cl)cc3)n2CC)cc1. The molecule has 3 aromatic rings. The first-order valence-corrected chi connectivity index (χ1v) is 11.8. The van der Waals surface area contributed by atoms with E-state index in [1.807, 2.05) is 35.8 Å². The number of nitrogens with zero attached hydrogens (tertiary/aromatic N) is 3. The van der Waals surface area contributed by atoms with E-state index in [0.717, 1.165) is 12.1 Å². The van der Waals surface area contributed by atoms with Crippen molar-refractivity contribution in [2.24, 2.45) is 0 Å². The molecule has 1 aromatic heterocycles. The fourth-order valence-electron chi connectivity index (χ4n) is 2.99. The number of hydrogen-bond donors (Lipinski definition) is 1. The van der Waals surface area contributed by atoms with Crippen LogP contribution in [0.1, 0.15) is 38.1 Å². The second-order valence-corrected chi connectivity index (χ2v) is 8.40. The van der Waals surface area contributed by atoms with Crippen molar-refractivity contribution in [2.45, 2.75) is 51.4 Å². The second-order valence-electron chi connectivity index (χ2n) is 7.02. The van der Waals surface area contributed by atoms with Gasteiger partial charge in [-0.1, -0.05) is 48.8 Å². The van der Waals surface area contributed by atoms with E-state index in [2.05, 4.69) is 34.6 Å². The Morgan fingerprint density at radius 1 is 1.10 bits per heavy atom. The molecular weight excluding hydrogens is 432 g/mol. The maximum absolute atomic E-state index is 12.4. The number of carbonyl (C=O) groups excluding carboxylic acids is 1. The summed E-state index contributed by atoms with van der Waals surface area (Å²) in [6.07, 6.45) is 3.41. The van der Waals surface area contributed by atoms with Gasteiger partial charge in [0.1, 0.15) is 12.4 Å². The molecule has 0 radical (unpaired) electrons. The minimum absolute atomic E-state index is 0.0732. The van der Waals surface area contributed by atoms with Crippen molar-refractivity contribution in [1.82, 2.24) is 14.8 Å². The van der Waals surface area contributed by atoms with E-state index in [1.165, 1.54) is 30.2 Å². The van der Waals surface area contributed by atoms with Crippen molar-refractivity contribution < 1.29 is 9.53 Å². The zero-order chi connectivity index (χ0) is 22.1. The molecule has 1 heterocycles. The largest absolute Gasteiger partial charge is 0.486 e. The molecule has 0 aliphatic heterocycles. The van der Waals surface area contributed by atoms with Crippen LogP contribution in [0.25, 0.3) is 0 Å². The van der Waals surface area contributed by atoms with Crippen molar-refractivity contribution in [3.8, 4) is 5.75 Å². The number of amides is 1. The third kappa shape index (κ3) is 7.01.